The van der Waals surface area contributed by atoms with E-state index in [9.17, 15) is 0 Å². The van der Waals surface area contributed by atoms with Gasteiger partial charge in [0, 0.05) is 50.6 Å². The zero-order valence-electron chi connectivity index (χ0n) is 11.1. The Morgan fingerprint density at radius 1 is 0.950 bits per heavy atom. The molecule has 1 aliphatic heterocycles. The molecular weight excluding hydrogens is 274 g/mol. The summed E-state index contributed by atoms with van der Waals surface area (Å²) in [4.78, 5) is 17.5. The Hall–Kier alpha value is -1.88. The molecule has 0 radical (unpaired) electrons. The molecule has 0 bridgehead atoms. The van der Waals surface area contributed by atoms with E-state index in [-0.39, 0.29) is 0 Å². The Labute approximate surface area is 123 Å². The third kappa shape index (κ3) is 2.82. The molecule has 2 aromatic heterocycles. The van der Waals surface area contributed by atoms with Crippen molar-refractivity contribution in [3.8, 4) is 0 Å². The first-order chi connectivity index (χ1) is 9.86. The molecule has 1 saturated heterocycles. The Morgan fingerprint density at radius 2 is 1.65 bits per heavy atom. The largest absolute Gasteiger partial charge is 0.353 e. The first-order valence-corrected chi connectivity index (χ1v) is 7.18. The third-order valence-electron chi connectivity index (χ3n) is 3.40. The smallest absolute Gasteiger partial charge is 0.225 e. The molecule has 0 saturated carbocycles. The number of aromatic nitrogens is 3. The van der Waals surface area contributed by atoms with Crippen LogP contribution in [0.5, 0.6) is 0 Å². The summed E-state index contributed by atoms with van der Waals surface area (Å²) in [5.41, 5.74) is 1.05. The zero-order chi connectivity index (χ0) is 13.8. The van der Waals surface area contributed by atoms with Crippen LogP contribution in [-0.4, -0.2) is 41.1 Å². The van der Waals surface area contributed by atoms with Crippen LogP contribution in [0.4, 0.5) is 11.8 Å². The van der Waals surface area contributed by atoms with Crippen molar-refractivity contribution in [3.63, 3.8) is 0 Å². The fraction of sp³-hybridized carbons (Fsp3) is 0.357. The molecule has 0 unspecified atom stereocenters. The maximum atomic E-state index is 5.78. The number of piperazine rings is 1. The number of hydrogen-bond donors (Lipinski definition) is 0. The Balaban J connectivity index is 1.63. The van der Waals surface area contributed by atoms with Gasteiger partial charge in [-0.3, -0.25) is 0 Å². The van der Waals surface area contributed by atoms with E-state index in [1.165, 1.54) is 0 Å². The molecule has 0 aliphatic carbocycles. The van der Waals surface area contributed by atoms with Gasteiger partial charge in [-0.2, -0.15) is 0 Å². The number of pyridine rings is 1. The highest BCUT2D eigenvalue weighted by Gasteiger charge is 2.19. The molecule has 1 fully saturated rings. The number of anilines is 2. The monoisotopic (exact) mass is 289 g/mol. The van der Waals surface area contributed by atoms with Crippen molar-refractivity contribution in [1.82, 2.24) is 15.0 Å². The van der Waals surface area contributed by atoms with E-state index < -0.39 is 0 Å². The van der Waals surface area contributed by atoms with Gasteiger partial charge < -0.3 is 9.80 Å². The topological polar surface area (TPSA) is 45.2 Å². The molecule has 1 aliphatic rings. The minimum atomic E-state index is 0.506. The van der Waals surface area contributed by atoms with Gasteiger partial charge in [-0.05, 0) is 17.7 Å². The van der Waals surface area contributed by atoms with E-state index in [0.29, 0.717) is 5.88 Å². The maximum absolute atomic E-state index is 5.78. The standard InChI is InChI=1S/C14H16ClN5/c15-10-12-2-3-13(18-11-12)19-6-8-20(9-7-19)14-16-4-1-5-17-14/h1-5,11H,6-10H2. The molecule has 3 rings (SSSR count). The van der Waals surface area contributed by atoms with E-state index in [1.807, 2.05) is 24.4 Å². The van der Waals surface area contributed by atoms with E-state index >= 15 is 0 Å². The van der Waals surface area contributed by atoms with E-state index in [4.69, 9.17) is 11.6 Å². The molecular formula is C14H16ClN5. The second-order valence-corrected chi connectivity index (χ2v) is 4.95. The first kappa shape index (κ1) is 13.1. The van der Waals surface area contributed by atoms with Gasteiger partial charge in [0.1, 0.15) is 5.82 Å². The lowest BCUT2D eigenvalue weighted by Crippen LogP contribution is -2.47. The summed E-state index contributed by atoms with van der Waals surface area (Å²) in [5.74, 6) is 2.32. The van der Waals surface area contributed by atoms with Crippen molar-refractivity contribution in [2.24, 2.45) is 0 Å². The van der Waals surface area contributed by atoms with Gasteiger partial charge >= 0.3 is 0 Å². The number of alkyl halides is 1. The summed E-state index contributed by atoms with van der Waals surface area (Å²) in [6, 6.07) is 5.90. The van der Waals surface area contributed by atoms with E-state index in [1.54, 1.807) is 12.4 Å². The molecule has 5 nitrogen and oxygen atoms in total. The lowest BCUT2D eigenvalue weighted by molar-refractivity contribution is 0.634. The van der Waals surface area contributed by atoms with E-state index in [0.717, 1.165) is 43.5 Å². The van der Waals surface area contributed by atoms with Gasteiger partial charge in [-0.1, -0.05) is 6.07 Å². The van der Waals surface area contributed by atoms with Crippen LogP contribution in [0, 0.1) is 0 Å². The number of rotatable bonds is 3. The number of hydrogen-bond acceptors (Lipinski definition) is 5. The normalized spacial score (nSPS) is 15.4. The van der Waals surface area contributed by atoms with Crippen LogP contribution >= 0.6 is 11.6 Å². The average Bonchev–Trinajstić information content (AvgIpc) is 2.56. The Kier molecular flexibility index (Phi) is 3.97. The highest BCUT2D eigenvalue weighted by Crippen LogP contribution is 2.16. The van der Waals surface area contributed by atoms with Gasteiger partial charge in [-0.15, -0.1) is 11.6 Å². The number of halogens is 1. The molecule has 3 heterocycles. The van der Waals surface area contributed by atoms with Crippen molar-refractivity contribution in [3.05, 3.63) is 42.4 Å². The molecule has 0 atom stereocenters. The summed E-state index contributed by atoms with van der Waals surface area (Å²) in [5, 5.41) is 0. The predicted molar refractivity (Wildman–Crippen MR) is 80.3 cm³/mol. The van der Waals surface area contributed by atoms with E-state index in [2.05, 4.69) is 24.8 Å². The van der Waals surface area contributed by atoms with Crippen LogP contribution in [0.15, 0.2) is 36.8 Å². The van der Waals surface area contributed by atoms with Crippen LogP contribution in [-0.2, 0) is 5.88 Å². The van der Waals surface area contributed by atoms with Gasteiger partial charge in [0.2, 0.25) is 5.95 Å². The summed E-state index contributed by atoms with van der Waals surface area (Å²) in [7, 11) is 0. The molecule has 20 heavy (non-hydrogen) atoms. The molecule has 2 aromatic rings. The van der Waals surface area contributed by atoms with Gasteiger partial charge in [-0.25, -0.2) is 15.0 Å². The van der Waals surface area contributed by atoms with Gasteiger partial charge in [0.15, 0.2) is 0 Å². The second-order valence-electron chi connectivity index (χ2n) is 4.68. The Morgan fingerprint density at radius 3 is 2.25 bits per heavy atom. The van der Waals surface area contributed by atoms with Crippen molar-refractivity contribution in [2.45, 2.75) is 5.88 Å². The SMILES string of the molecule is ClCc1ccc(N2CCN(c3ncccn3)CC2)nc1. The first-order valence-electron chi connectivity index (χ1n) is 6.64. The van der Waals surface area contributed by atoms with Crippen LogP contribution in [0.25, 0.3) is 0 Å². The van der Waals surface area contributed by atoms with Crippen LogP contribution in [0.3, 0.4) is 0 Å². The lowest BCUT2D eigenvalue weighted by atomic mass is 10.3. The molecule has 6 heteroatoms. The van der Waals surface area contributed by atoms with Crippen LogP contribution < -0.4 is 9.80 Å². The zero-order valence-corrected chi connectivity index (χ0v) is 11.9. The highest BCUT2D eigenvalue weighted by atomic mass is 35.5. The minimum Gasteiger partial charge on any atom is -0.353 e. The third-order valence-corrected chi connectivity index (χ3v) is 3.71. The molecule has 104 valence electrons. The van der Waals surface area contributed by atoms with Gasteiger partial charge in [0.05, 0.1) is 0 Å². The molecule has 0 aromatic carbocycles. The van der Waals surface area contributed by atoms with Crippen molar-refractivity contribution >= 4 is 23.4 Å². The molecule has 0 amide bonds. The summed E-state index contributed by atoms with van der Waals surface area (Å²) in [6.07, 6.45) is 5.40. The molecule has 0 spiro atoms. The van der Waals surface area contributed by atoms with Gasteiger partial charge in [0.25, 0.3) is 0 Å². The van der Waals surface area contributed by atoms with Crippen molar-refractivity contribution in [2.75, 3.05) is 36.0 Å². The summed E-state index contributed by atoms with van der Waals surface area (Å²) < 4.78 is 0. The minimum absolute atomic E-state index is 0.506. The predicted octanol–water partition coefficient (Wildman–Crippen LogP) is 1.94. The quantitative estimate of drug-likeness (QED) is 0.808. The fourth-order valence-corrected chi connectivity index (χ4v) is 2.43. The molecule has 0 N–H and O–H groups in total. The van der Waals surface area contributed by atoms with Crippen molar-refractivity contribution in [1.29, 1.82) is 0 Å². The second kappa shape index (κ2) is 6.05. The Bertz CT molecular complexity index is 537. The van der Waals surface area contributed by atoms with Crippen LogP contribution in [0.2, 0.25) is 0 Å². The highest BCUT2D eigenvalue weighted by molar-refractivity contribution is 6.17. The fourth-order valence-electron chi connectivity index (χ4n) is 2.27. The summed E-state index contributed by atoms with van der Waals surface area (Å²) >= 11 is 5.78. The average molecular weight is 290 g/mol. The van der Waals surface area contributed by atoms with Crippen LogP contribution in [0.1, 0.15) is 5.56 Å². The maximum Gasteiger partial charge on any atom is 0.225 e. The number of nitrogens with zero attached hydrogens (tertiary/aromatic N) is 5. The van der Waals surface area contributed by atoms with Crippen molar-refractivity contribution < 1.29 is 0 Å². The lowest BCUT2D eigenvalue weighted by Gasteiger charge is -2.35. The summed E-state index contributed by atoms with van der Waals surface area (Å²) in [6.45, 7) is 3.66.